The standard InChI is InChI=1S/C19H15ClN4O6S/c20-12-1-7-15(8-2-12)30-9-18(25)21-19-16-10-31(28,29)11-17(16)22-23(19)13-3-5-14(6-4-13)24(26)27/h1-8H,9-11H2,(H,21,25). The van der Waals surface area contributed by atoms with Crippen LogP contribution in [-0.4, -0.2) is 35.6 Å². The number of nitrogens with zero attached hydrogens (tertiary/aromatic N) is 3. The minimum Gasteiger partial charge on any atom is -0.484 e. The van der Waals surface area contributed by atoms with Crippen LogP contribution in [0.2, 0.25) is 5.02 Å². The monoisotopic (exact) mass is 462 g/mol. The summed E-state index contributed by atoms with van der Waals surface area (Å²) in [6.45, 7) is -0.325. The van der Waals surface area contributed by atoms with Crippen LogP contribution in [0.4, 0.5) is 11.5 Å². The van der Waals surface area contributed by atoms with Crippen molar-refractivity contribution in [3.8, 4) is 11.4 Å². The largest absolute Gasteiger partial charge is 0.484 e. The van der Waals surface area contributed by atoms with Crippen molar-refractivity contribution in [3.05, 3.63) is 74.9 Å². The number of nitrogens with one attached hydrogen (secondary N) is 1. The molecule has 1 amide bonds. The molecule has 2 aromatic carbocycles. The van der Waals surface area contributed by atoms with Crippen LogP contribution in [0.25, 0.3) is 5.69 Å². The van der Waals surface area contributed by atoms with Crippen molar-refractivity contribution >= 4 is 38.9 Å². The number of fused-ring (bicyclic) bond motifs is 1. The molecule has 0 bridgehead atoms. The fraction of sp³-hybridized carbons (Fsp3) is 0.158. The molecule has 1 aliphatic heterocycles. The summed E-state index contributed by atoms with van der Waals surface area (Å²) < 4.78 is 30.8. The van der Waals surface area contributed by atoms with Crippen LogP contribution in [0, 0.1) is 10.1 Å². The van der Waals surface area contributed by atoms with Crippen molar-refractivity contribution in [2.45, 2.75) is 11.5 Å². The molecule has 3 aromatic rings. The first-order valence-corrected chi connectivity index (χ1v) is 11.2. The molecule has 1 aliphatic rings. The molecule has 0 fully saturated rings. The number of non-ortho nitro benzene ring substituents is 1. The molecule has 10 nitrogen and oxygen atoms in total. The lowest BCUT2D eigenvalue weighted by atomic mass is 10.2. The van der Waals surface area contributed by atoms with Gasteiger partial charge in [-0.25, -0.2) is 13.1 Å². The van der Waals surface area contributed by atoms with Gasteiger partial charge in [0, 0.05) is 22.7 Å². The Balaban J connectivity index is 1.60. The maximum atomic E-state index is 12.5. The second kappa shape index (κ2) is 8.00. The summed E-state index contributed by atoms with van der Waals surface area (Å²) in [6.07, 6.45) is 0. The molecular formula is C19H15ClN4O6S. The quantitative estimate of drug-likeness (QED) is 0.439. The summed E-state index contributed by atoms with van der Waals surface area (Å²) in [6, 6.07) is 12.0. The summed E-state index contributed by atoms with van der Waals surface area (Å²) in [5.74, 6) is -0.397. The van der Waals surface area contributed by atoms with E-state index in [4.69, 9.17) is 16.3 Å². The Morgan fingerprint density at radius 3 is 2.48 bits per heavy atom. The molecule has 0 aliphatic carbocycles. The van der Waals surface area contributed by atoms with E-state index in [-0.39, 0.29) is 29.6 Å². The van der Waals surface area contributed by atoms with Crippen molar-refractivity contribution in [1.29, 1.82) is 0 Å². The molecule has 12 heteroatoms. The van der Waals surface area contributed by atoms with E-state index in [2.05, 4.69) is 10.4 Å². The number of nitro benzene ring substituents is 1. The minimum absolute atomic E-state index is 0.104. The number of hydrogen-bond acceptors (Lipinski definition) is 7. The molecule has 31 heavy (non-hydrogen) atoms. The second-order valence-corrected chi connectivity index (χ2v) is 9.28. The number of carbonyl (C=O) groups is 1. The zero-order valence-electron chi connectivity index (χ0n) is 15.8. The molecule has 0 radical (unpaired) electrons. The predicted octanol–water partition coefficient (Wildman–Crippen LogP) is 2.88. The Labute approximate surface area is 181 Å². The third-order valence-corrected chi connectivity index (χ3v) is 6.23. The van der Waals surface area contributed by atoms with E-state index in [9.17, 15) is 23.3 Å². The van der Waals surface area contributed by atoms with E-state index in [1.54, 1.807) is 24.3 Å². The Kier molecular flexibility index (Phi) is 5.38. The number of nitro groups is 1. The second-order valence-electron chi connectivity index (χ2n) is 6.78. The van der Waals surface area contributed by atoms with Crippen molar-refractivity contribution in [2.75, 3.05) is 11.9 Å². The molecule has 2 heterocycles. The van der Waals surface area contributed by atoms with Gasteiger partial charge in [-0.15, -0.1) is 0 Å². The van der Waals surface area contributed by atoms with E-state index in [1.807, 2.05) is 0 Å². The average Bonchev–Trinajstić information content (AvgIpc) is 3.20. The summed E-state index contributed by atoms with van der Waals surface area (Å²) in [4.78, 5) is 22.9. The smallest absolute Gasteiger partial charge is 0.269 e. The summed E-state index contributed by atoms with van der Waals surface area (Å²) in [7, 11) is -3.36. The SMILES string of the molecule is O=C(COc1ccc(Cl)cc1)Nc1c2c(nn1-c1ccc([N+](=O)[O-])cc1)CS(=O)(=O)C2. The van der Waals surface area contributed by atoms with Crippen LogP contribution in [-0.2, 0) is 26.1 Å². The number of anilines is 1. The van der Waals surface area contributed by atoms with E-state index < -0.39 is 20.7 Å². The minimum atomic E-state index is -3.36. The topological polar surface area (TPSA) is 133 Å². The molecule has 0 saturated heterocycles. The zero-order valence-corrected chi connectivity index (χ0v) is 17.4. The number of halogens is 1. The van der Waals surface area contributed by atoms with Gasteiger partial charge in [-0.2, -0.15) is 5.10 Å². The van der Waals surface area contributed by atoms with Crippen LogP contribution < -0.4 is 10.1 Å². The van der Waals surface area contributed by atoms with Crippen molar-refractivity contribution < 1.29 is 22.9 Å². The molecule has 160 valence electrons. The highest BCUT2D eigenvalue weighted by Gasteiger charge is 2.33. The van der Waals surface area contributed by atoms with Gasteiger partial charge in [-0.05, 0) is 36.4 Å². The highest BCUT2D eigenvalue weighted by molar-refractivity contribution is 7.90. The Bertz CT molecular complexity index is 1270. The van der Waals surface area contributed by atoms with E-state index in [0.29, 0.717) is 27.7 Å². The Morgan fingerprint density at radius 1 is 1.16 bits per heavy atom. The first-order valence-electron chi connectivity index (χ1n) is 8.96. The maximum absolute atomic E-state index is 12.5. The third kappa shape index (κ3) is 4.52. The van der Waals surface area contributed by atoms with Gasteiger partial charge in [-0.1, -0.05) is 11.6 Å². The van der Waals surface area contributed by atoms with Gasteiger partial charge in [0.2, 0.25) is 0 Å². The molecule has 0 atom stereocenters. The van der Waals surface area contributed by atoms with E-state index in [0.717, 1.165) is 0 Å². The normalized spacial score (nSPS) is 14.1. The molecule has 0 unspecified atom stereocenters. The average molecular weight is 463 g/mol. The number of hydrogen-bond donors (Lipinski definition) is 1. The number of sulfone groups is 1. The number of benzene rings is 2. The molecule has 0 saturated carbocycles. The lowest BCUT2D eigenvalue weighted by molar-refractivity contribution is -0.384. The number of ether oxygens (including phenoxy) is 1. The Morgan fingerprint density at radius 2 is 1.84 bits per heavy atom. The zero-order chi connectivity index (χ0) is 22.2. The van der Waals surface area contributed by atoms with Crippen molar-refractivity contribution in [2.24, 2.45) is 0 Å². The van der Waals surface area contributed by atoms with Crippen LogP contribution in [0.5, 0.6) is 5.75 Å². The van der Waals surface area contributed by atoms with Crippen molar-refractivity contribution in [3.63, 3.8) is 0 Å². The van der Waals surface area contributed by atoms with Gasteiger partial charge in [0.25, 0.3) is 11.6 Å². The number of aromatic nitrogens is 2. The maximum Gasteiger partial charge on any atom is 0.269 e. The van der Waals surface area contributed by atoms with Crippen LogP contribution in [0.1, 0.15) is 11.3 Å². The van der Waals surface area contributed by atoms with Gasteiger partial charge in [0.05, 0.1) is 27.8 Å². The van der Waals surface area contributed by atoms with Gasteiger partial charge in [-0.3, -0.25) is 14.9 Å². The first-order chi connectivity index (χ1) is 14.7. The van der Waals surface area contributed by atoms with Crippen LogP contribution >= 0.6 is 11.6 Å². The number of amides is 1. The highest BCUT2D eigenvalue weighted by Crippen LogP contribution is 2.33. The molecular weight excluding hydrogens is 448 g/mol. The number of carbonyl (C=O) groups excluding carboxylic acids is 1. The lowest BCUT2D eigenvalue weighted by Gasteiger charge is -2.12. The fourth-order valence-electron chi connectivity index (χ4n) is 3.12. The van der Waals surface area contributed by atoms with Gasteiger partial charge in [0.1, 0.15) is 11.6 Å². The van der Waals surface area contributed by atoms with E-state index >= 15 is 0 Å². The molecule has 4 rings (SSSR count). The first kappa shape index (κ1) is 20.8. The van der Waals surface area contributed by atoms with Gasteiger partial charge in [0.15, 0.2) is 16.4 Å². The van der Waals surface area contributed by atoms with E-state index in [1.165, 1.54) is 28.9 Å². The van der Waals surface area contributed by atoms with Crippen molar-refractivity contribution in [1.82, 2.24) is 9.78 Å². The molecule has 1 N–H and O–H groups in total. The fourth-order valence-corrected chi connectivity index (χ4v) is 4.74. The molecule has 1 aromatic heterocycles. The summed E-state index contributed by atoms with van der Waals surface area (Å²) in [5.41, 5.74) is 1.05. The predicted molar refractivity (Wildman–Crippen MR) is 112 cm³/mol. The molecule has 0 spiro atoms. The van der Waals surface area contributed by atoms with Crippen LogP contribution in [0.15, 0.2) is 48.5 Å². The van der Waals surface area contributed by atoms with Gasteiger partial charge < -0.3 is 10.1 Å². The van der Waals surface area contributed by atoms with Gasteiger partial charge >= 0.3 is 0 Å². The highest BCUT2D eigenvalue weighted by atomic mass is 35.5. The summed E-state index contributed by atoms with van der Waals surface area (Å²) in [5, 5.41) is 18.4. The Hall–Kier alpha value is -3.44. The van der Waals surface area contributed by atoms with Crippen LogP contribution in [0.3, 0.4) is 0 Å². The lowest BCUT2D eigenvalue weighted by Crippen LogP contribution is -2.22. The summed E-state index contributed by atoms with van der Waals surface area (Å²) >= 11 is 5.82. The number of rotatable bonds is 6. The third-order valence-electron chi connectivity index (χ3n) is 4.53.